The highest BCUT2D eigenvalue weighted by Crippen LogP contribution is 2.43. The van der Waals surface area contributed by atoms with Crippen LogP contribution in [0, 0.1) is 11.7 Å². The smallest absolute Gasteiger partial charge is 0.232 e. The molecule has 0 aromatic heterocycles. The zero-order chi connectivity index (χ0) is 15.5. The van der Waals surface area contributed by atoms with Crippen LogP contribution in [0.2, 0.25) is 0 Å². The minimum Gasteiger partial charge on any atom is -0.497 e. The molecule has 1 saturated carbocycles. The van der Waals surface area contributed by atoms with Crippen molar-refractivity contribution in [1.82, 2.24) is 0 Å². The monoisotopic (exact) mass is 299 g/mol. The van der Waals surface area contributed by atoms with E-state index in [-0.39, 0.29) is 17.6 Å². The Kier molecular flexibility index (Phi) is 4.09. The largest absolute Gasteiger partial charge is 0.497 e. The summed E-state index contributed by atoms with van der Waals surface area (Å²) < 4.78 is 18.2. The van der Waals surface area contributed by atoms with Gasteiger partial charge in [-0.3, -0.25) is 4.79 Å². The maximum Gasteiger partial charge on any atom is 0.232 e. The van der Waals surface area contributed by atoms with Crippen molar-refractivity contribution >= 4 is 11.6 Å². The third-order valence-corrected chi connectivity index (χ3v) is 3.96. The summed E-state index contributed by atoms with van der Waals surface area (Å²) in [5.41, 5.74) is 1.61. The van der Waals surface area contributed by atoms with Gasteiger partial charge < -0.3 is 10.1 Å². The maximum atomic E-state index is 13.1. The van der Waals surface area contributed by atoms with Gasteiger partial charge in [0.05, 0.1) is 13.0 Å². The third kappa shape index (κ3) is 3.27. The number of halogens is 1. The molecule has 0 aliphatic heterocycles. The Labute approximate surface area is 129 Å². The number of methoxy groups -OCH3 is 1. The van der Waals surface area contributed by atoms with E-state index in [1.165, 1.54) is 12.1 Å². The molecule has 0 radical (unpaired) electrons. The predicted octanol–water partition coefficient (Wildman–Crippen LogP) is 3.97. The fourth-order valence-corrected chi connectivity index (χ4v) is 2.63. The normalized spacial score (nSPS) is 15.2. The highest BCUT2D eigenvalue weighted by Gasteiger charge is 2.37. The van der Waals surface area contributed by atoms with Crippen molar-refractivity contribution in [2.24, 2.45) is 5.92 Å². The minimum atomic E-state index is -0.283. The predicted molar refractivity (Wildman–Crippen MR) is 83.5 cm³/mol. The summed E-state index contributed by atoms with van der Waals surface area (Å²) in [6, 6.07) is 13.4. The van der Waals surface area contributed by atoms with Crippen LogP contribution in [-0.4, -0.2) is 13.0 Å². The van der Waals surface area contributed by atoms with E-state index in [1.807, 2.05) is 12.1 Å². The molecule has 1 aliphatic carbocycles. The summed E-state index contributed by atoms with van der Waals surface area (Å²) in [6.07, 6.45) is 2.08. The lowest BCUT2D eigenvalue weighted by Crippen LogP contribution is -2.22. The van der Waals surface area contributed by atoms with Crippen molar-refractivity contribution < 1.29 is 13.9 Å². The van der Waals surface area contributed by atoms with Crippen LogP contribution >= 0.6 is 0 Å². The lowest BCUT2D eigenvalue weighted by atomic mass is 9.93. The average Bonchev–Trinajstić information content (AvgIpc) is 3.35. The van der Waals surface area contributed by atoms with Crippen LogP contribution in [0.4, 0.5) is 10.1 Å². The number of anilines is 1. The summed E-state index contributed by atoms with van der Waals surface area (Å²) >= 11 is 0. The third-order valence-electron chi connectivity index (χ3n) is 3.96. The summed E-state index contributed by atoms with van der Waals surface area (Å²) in [6.45, 7) is 0. The van der Waals surface area contributed by atoms with Crippen molar-refractivity contribution in [1.29, 1.82) is 0 Å². The van der Waals surface area contributed by atoms with Gasteiger partial charge in [0.2, 0.25) is 5.91 Å². The number of ether oxygens (including phenoxy) is 1. The molecule has 22 heavy (non-hydrogen) atoms. The number of carbonyl (C=O) groups excluding carboxylic acids is 1. The molecule has 0 bridgehead atoms. The van der Waals surface area contributed by atoms with Crippen LogP contribution in [-0.2, 0) is 4.79 Å². The van der Waals surface area contributed by atoms with Crippen LogP contribution in [0.3, 0.4) is 0 Å². The molecule has 3 nitrogen and oxygen atoms in total. The molecule has 1 atom stereocenters. The molecule has 0 saturated heterocycles. The van der Waals surface area contributed by atoms with Crippen molar-refractivity contribution in [2.75, 3.05) is 12.4 Å². The molecule has 3 rings (SSSR count). The Bertz CT molecular complexity index is 648. The Balaban J connectivity index is 1.76. The first-order valence-electron chi connectivity index (χ1n) is 7.38. The van der Waals surface area contributed by atoms with Gasteiger partial charge in [0.15, 0.2) is 0 Å². The Morgan fingerprint density at radius 1 is 1.14 bits per heavy atom. The Morgan fingerprint density at radius 2 is 1.77 bits per heavy atom. The first kappa shape index (κ1) is 14.6. The number of carbonyl (C=O) groups is 1. The van der Waals surface area contributed by atoms with Gasteiger partial charge in [-0.05, 0) is 60.7 Å². The van der Waals surface area contributed by atoms with Gasteiger partial charge in [-0.25, -0.2) is 4.39 Å². The first-order valence-corrected chi connectivity index (χ1v) is 7.38. The second kappa shape index (κ2) is 6.18. The molecular formula is C18H18FNO2. The van der Waals surface area contributed by atoms with Gasteiger partial charge in [-0.2, -0.15) is 0 Å². The molecule has 2 aromatic rings. The van der Waals surface area contributed by atoms with Crippen molar-refractivity contribution in [2.45, 2.75) is 18.8 Å². The van der Waals surface area contributed by atoms with Crippen LogP contribution in [0.25, 0.3) is 0 Å². The van der Waals surface area contributed by atoms with Gasteiger partial charge in [0.25, 0.3) is 0 Å². The molecule has 1 aliphatic rings. The highest BCUT2D eigenvalue weighted by atomic mass is 19.1. The second-order valence-corrected chi connectivity index (χ2v) is 5.58. The molecular weight excluding hydrogens is 281 g/mol. The fraction of sp³-hybridized carbons (Fsp3) is 0.278. The molecule has 114 valence electrons. The standard InChI is InChI=1S/C18H18FNO2/c1-22-16-10-8-15(9-11-16)20-18(21)17(12-2-3-12)13-4-6-14(19)7-5-13/h4-12,17H,2-3H2,1H3,(H,20,21). The van der Waals surface area contributed by atoms with Gasteiger partial charge in [-0.1, -0.05) is 12.1 Å². The Hall–Kier alpha value is -2.36. The number of hydrogen-bond donors (Lipinski definition) is 1. The van der Waals surface area contributed by atoms with E-state index in [0.29, 0.717) is 5.92 Å². The number of nitrogens with one attached hydrogen (secondary N) is 1. The Morgan fingerprint density at radius 3 is 2.32 bits per heavy atom. The quantitative estimate of drug-likeness (QED) is 0.907. The number of benzene rings is 2. The SMILES string of the molecule is COc1ccc(NC(=O)C(c2ccc(F)cc2)C2CC2)cc1. The highest BCUT2D eigenvalue weighted by molar-refractivity contribution is 5.96. The van der Waals surface area contributed by atoms with E-state index in [1.54, 1.807) is 31.4 Å². The topological polar surface area (TPSA) is 38.3 Å². The lowest BCUT2D eigenvalue weighted by molar-refractivity contribution is -0.118. The van der Waals surface area contributed by atoms with Crippen LogP contribution in [0.15, 0.2) is 48.5 Å². The molecule has 4 heteroatoms. The van der Waals surface area contributed by atoms with Crippen molar-refractivity contribution in [3.05, 3.63) is 59.9 Å². The number of hydrogen-bond acceptors (Lipinski definition) is 2. The lowest BCUT2D eigenvalue weighted by Gasteiger charge is -2.17. The summed E-state index contributed by atoms with van der Waals surface area (Å²) in [4.78, 5) is 12.6. The van der Waals surface area contributed by atoms with E-state index in [2.05, 4.69) is 5.32 Å². The van der Waals surface area contributed by atoms with E-state index >= 15 is 0 Å². The summed E-state index contributed by atoms with van der Waals surface area (Å²) in [5, 5.41) is 2.94. The molecule has 1 unspecified atom stereocenters. The van der Waals surface area contributed by atoms with Crippen molar-refractivity contribution in [3.8, 4) is 5.75 Å². The molecule has 1 amide bonds. The van der Waals surface area contributed by atoms with Gasteiger partial charge in [0.1, 0.15) is 11.6 Å². The number of amides is 1. The molecule has 2 aromatic carbocycles. The second-order valence-electron chi connectivity index (χ2n) is 5.58. The van der Waals surface area contributed by atoms with Crippen LogP contribution in [0.1, 0.15) is 24.3 Å². The van der Waals surface area contributed by atoms with E-state index in [4.69, 9.17) is 4.74 Å². The van der Waals surface area contributed by atoms with Gasteiger partial charge >= 0.3 is 0 Å². The molecule has 0 heterocycles. The zero-order valence-corrected chi connectivity index (χ0v) is 12.4. The van der Waals surface area contributed by atoms with Crippen molar-refractivity contribution in [3.63, 3.8) is 0 Å². The molecule has 1 N–H and O–H groups in total. The number of rotatable bonds is 5. The maximum absolute atomic E-state index is 13.1. The average molecular weight is 299 g/mol. The molecule has 0 spiro atoms. The molecule has 1 fully saturated rings. The zero-order valence-electron chi connectivity index (χ0n) is 12.4. The van der Waals surface area contributed by atoms with Crippen LogP contribution < -0.4 is 10.1 Å². The van der Waals surface area contributed by atoms with Gasteiger partial charge in [0, 0.05) is 5.69 Å². The van der Waals surface area contributed by atoms with Gasteiger partial charge in [-0.15, -0.1) is 0 Å². The van der Waals surface area contributed by atoms with E-state index in [9.17, 15) is 9.18 Å². The minimum absolute atomic E-state index is 0.0423. The van der Waals surface area contributed by atoms with E-state index in [0.717, 1.165) is 29.8 Å². The first-order chi connectivity index (χ1) is 10.7. The van der Waals surface area contributed by atoms with Crippen LogP contribution in [0.5, 0.6) is 5.75 Å². The summed E-state index contributed by atoms with van der Waals surface area (Å²) in [5.74, 6) is 0.551. The summed E-state index contributed by atoms with van der Waals surface area (Å²) in [7, 11) is 1.60. The van der Waals surface area contributed by atoms with E-state index < -0.39 is 0 Å². The fourth-order valence-electron chi connectivity index (χ4n) is 2.63.